The van der Waals surface area contributed by atoms with Crippen LogP contribution in [0.2, 0.25) is 0 Å². The van der Waals surface area contributed by atoms with Crippen LogP contribution in [0.25, 0.3) is 0 Å². The summed E-state index contributed by atoms with van der Waals surface area (Å²) in [5.74, 6) is -1.76. The fourth-order valence-corrected chi connectivity index (χ4v) is 2.18. The number of rotatable bonds is 3. The van der Waals surface area contributed by atoms with Gasteiger partial charge in [-0.05, 0) is 19.4 Å². The highest BCUT2D eigenvalue weighted by Gasteiger charge is 2.41. The van der Waals surface area contributed by atoms with E-state index in [2.05, 4.69) is 10.3 Å². The fourth-order valence-electron chi connectivity index (χ4n) is 2.18. The van der Waals surface area contributed by atoms with Crippen molar-refractivity contribution >= 4 is 5.97 Å². The van der Waals surface area contributed by atoms with Gasteiger partial charge in [0, 0.05) is 0 Å². The Labute approximate surface area is 118 Å². The summed E-state index contributed by atoms with van der Waals surface area (Å²) in [5, 5.41) is 15.2. The van der Waals surface area contributed by atoms with Gasteiger partial charge in [0.2, 0.25) is 5.69 Å². The lowest BCUT2D eigenvalue weighted by atomic mass is 10.1. The van der Waals surface area contributed by atoms with Crippen molar-refractivity contribution in [1.29, 1.82) is 0 Å². The molecule has 0 aliphatic heterocycles. The largest absolute Gasteiger partial charge is 0.476 e. The Kier molecular flexibility index (Phi) is 3.71. The molecule has 5 nitrogen and oxygen atoms in total. The molecule has 1 N–H and O–H groups in total. The zero-order chi connectivity index (χ0) is 15.8. The van der Waals surface area contributed by atoms with Gasteiger partial charge in [0.25, 0.3) is 0 Å². The second-order valence-electron chi connectivity index (χ2n) is 4.74. The maximum absolute atomic E-state index is 13.0. The minimum Gasteiger partial charge on any atom is -0.476 e. The van der Waals surface area contributed by atoms with E-state index in [4.69, 9.17) is 5.11 Å². The quantitative estimate of drug-likeness (QED) is 0.946. The average Bonchev–Trinajstić information content (AvgIpc) is 2.70. The van der Waals surface area contributed by atoms with Crippen molar-refractivity contribution in [2.45, 2.75) is 26.6 Å². The van der Waals surface area contributed by atoms with Crippen LogP contribution in [0.4, 0.5) is 13.2 Å². The standard InChI is InChI=1S/C13H12F3N3O2/c1-7-3-8(2)5-9(4-7)6-19-11(13(14,15)16)10(12(20)21)17-18-19/h3-5H,6H2,1-2H3,(H,20,21). The van der Waals surface area contributed by atoms with Crippen molar-refractivity contribution in [3.8, 4) is 0 Å². The molecule has 1 aromatic heterocycles. The van der Waals surface area contributed by atoms with Gasteiger partial charge in [0.05, 0.1) is 6.54 Å². The lowest BCUT2D eigenvalue weighted by Gasteiger charge is -2.11. The second-order valence-corrected chi connectivity index (χ2v) is 4.74. The van der Waals surface area contributed by atoms with Gasteiger partial charge in [-0.15, -0.1) is 5.10 Å². The number of halogens is 3. The molecule has 0 aliphatic rings. The van der Waals surface area contributed by atoms with Gasteiger partial charge >= 0.3 is 12.1 Å². The number of alkyl halides is 3. The third-order valence-corrected chi connectivity index (χ3v) is 2.82. The number of aromatic nitrogens is 3. The zero-order valence-electron chi connectivity index (χ0n) is 11.3. The molecular weight excluding hydrogens is 287 g/mol. The van der Waals surface area contributed by atoms with Crippen molar-refractivity contribution in [2.75, 3.05) is 0 Å². The highest BCUT2D eigenvalue weighted by Crippen LogP contribution is 2.31. The van der Waals surface area contributed by atoms with Crippen LogP contribution in [0.15, 0.2) is 18.2 Å². The van der Waals surface area contributed by atoms with Gasteiger partial charge < -0.3 is 5.11 Å². The van der Waals surface area contributed by atoms with Crippen LogP contribution in [0.3, 0.4) is 0 Å². The van der Waals surface area contributed by atoms with Crippen molar-refractivity contribution < 1.29 is 23.1 Å². The number of carboxylic acid groups (broad SMARTS) is 1. The second kappa shape index (κ2) is 5.19. The van der Waals surface area contributed by atoms with E-state index in [0.29, 0.717) is 10.2 Å². The van der Waals surface area contributed by atoms with Crippen LogP contribution in [0.1, 0.15) is 32.9 Å². The number of carbonyl (C=O) groups is 1. The number of aromatic carboxylic acids is 1. The monoisotopic (exact) mass is 299 g/mol. The molecule has 2 rings (SSSR count). The molecule has 8 heteroatoms. The fraction of sp³-hybridized carbons (Fsp3) is 0.308. The highest BCUT2D eigenvalue weighted by molar-refractivity contribution is 5.86. The van der Waals surface area contributed by atoms with E-state index in [-0.39, 0.29) is 6.54 Å². The zero-order valence-corrected chi connectivity index (χ0v) is 11.3. The van der Waals surface area contributed by atoms with Crippen LogP contribution in [0.5, 0.6) is 0 Å². The van der Waals surface area contributed by atoms with Crippen LogP contribution < -0.4 is 0 Å². The minimum absolute atomic E-state index is 0.197. The summed E-state index contributed by atoms with van der Waals surface area (Å²) in [6, 6.07) is 5.32. The predicted octanol–water partition coefficient (Wildman–Crippen LogP) is 2.66. The van der Waals surface area contributed by atoms with Gasteiger partial charge in [-0.3, -0.25) is 0 Å². The minimum atomic E-state index is -4.84. The van der Waals surface area contributed by atoms with Gasteiger partial charge in [0.15, 0.2) is 5.69 Å². The predicted molar refractivity (Wildman–Crippen MR) is 67.0 cm³/mol. The van der Waals surface area contributed by atoms with E-state index < -0.39 is 23.5 Å². The topological polar surface area (TPSA) is 68.0 Å². The molecule has 0 spiro atoms. The molecule has 0 radical (unpaired) electrons. The molecule has 1 heterocycles. The van der Waals surface area contributed by atoms with Crippen LogP contribution in [0, 0.1) is 13.8 Å². The number of hydrogen-bond donors (Lipinski definition) is 1. The van der Waals surface area contributed by atoms with Crippen LogP contribution in [-0.2, 0) is 12.7 Å². The number of aryl methyl sites for hydroxylation is 2. The first-order chi connectivity index (χ1) is 9.68. The summed E-state index contributed by atoms with van der Waals surface area (Å²) < 4.78 is 39.6. The summed E-state index contributed by atoms with van der Waals surface area (Å²) in [7, 11) is 0. The molecule has 112 valence electrons. The molecule has 0 saturated carbocycles. The lowest BCUT2D eigenvalue weighted by molar-refractivity contribution is -0.144. The molecule has 2 aromatic rings. The number of carboxylic acids is 1. The van der Waals surface area contributed by atoms with Gasteiger partial charge in [-0.1, -0.05) is 34.5 Å². The molecule has 0 fully saturated rings. The number of nitrogens with zero attached hydrogens (tertiary/aromatic N) is 3. The average molecular weight is 299 g/mol. The first kappa shape index (κ1) is 15.0. The number of benzene rings is 1. The first-order valence-electron chi connectivity index (χ1n) is 5.99. The van der Waals surface area contributed by atoms with E-state index in [1.165, 1.54) is 0 Å². The maximum Gasteiger partial charge on any atom is 0.435 e. The Bertz CT molecular complexity index is 672. The van der Waals surface area contributed by atoms with E-state index in [1.54, 1.807) is 12.1 Å². The van der Waals surface area contributed by atoms with Crippen LogP contribution in [-0.4, -0.2) is 26.1 Å². The van der Waals surface area contributed by atoms with E-state index >= 15 is 0 Å². The first-order valence-corrected chi connectivity index (χ1v) is 5.99. The van der Waals surface area contributed by atoms with E-state index in [0.717, 1.165) is 11.1 Å². The Hall–Kier alpha value is -2.38. The normalized spacial score (nSPS) is 11.7. The van der Waals surface area contributed by atoms with Crippen LogP contribution >= 0.6 is 0 Å². The third-order valence-electron chi connectivity index (χ3n) is 2.82. The maximum atomic E-state index is 13.0. The Morgan fingerprint density at radius 3 is 2.29 bits per heavy atom. The molecule has 0 saturated heterocycles. The van der Waals surface area contributed by atoms with Gasteiger partial charge in [-0.2, -0.15) is 13.2 Å². The molecule has 0 unspecified atom stereocenters. The van der Waals surface area contributed by atoms with Crippen molar-refractivity contribution in [3.63, 3.8) is 0 Å². The molecule has 0 aliphatic carbocycles. The molecule has 0 bridgehead atoms. The number of hydrogen-bond acceptors (Lipinski definition) is 3. The Balaban J connectivity index is 2.47. The lowest BCUT2D eigenvalue weighted by Crippen LogP contribution is -2.19. The third kappa shape index (κ3) is 3.21. The summed E-state index contributed by atoms with van der Waals surface area (Å²) in [6.07, 6.45) is -4.84. The van der Waals surface area contributed by atoms with Crippen molar-refractivity contribution in [2.24, 2.45) is 0 Å². The van der Waals surface area contributed by atoms with Crippen molar-refractivity contribution in [1.82, 2.24) is 15.0 Å². The molecule has 1 aromatic carbocycles. The van der Waals surface area contributed by atoms with Gasteiger partial charge in [0.1, 0.15) is 0 Å². The van der Waals surface area contributed by atoms with Crippen molar-refractivity contribution in [3.05, 3.63) is 46.3 Å². The SMILES string of the molecule is Cc1cc(C)cc(Cn2nnc(C(=O)O)c2C(F)(F)F)c1. The smallest absolute Gasteiger partial charge is 0.435 e. The highest BCUT2D eigenvalue weighted by atomic mass is 19.4. The van der Waals surface area contributed by atoms with E-state index in [1.807, 2.05) is 19.9 Å². The summed E-state index contributed by atoms with van der Waals surface area (Å²) in [6.45, 7) is 3.45. The summed E-state index contributed by atoms with van der Waals surface area (Å²) >= 11 is 0. The summed E-state index contributed by atoms with van der Waals surface area (Å²) in [5.41, 5.74) is -0.0462. The summed E-state index contributed by atoms with van der Waals surface area (Å²) in [4.78, 5) is 10.8. The molecule has 21 heavy (non-hydrogen) atoms. The Morgan fingerprint density at radius 1 is 1.24 bits per heavy atom. The molecular formula is C13H12F3N3O2. The van der Waals surface area contributed by atoms with E-state index in [9.17, 15) is 18.0 Å². The molecule has 0 amide bonds. The van der Waals surface area contributed by atoms with Gasteiger partial charge in [-0.25, -0.2) is 9.48 Å². The molecule has 0 atom stereocenters. The Morgan fingerprint density at radius 2 is 1.81 bits per heavy atom.